The van der Waals surface area contributed by atoms with Gasteiger partial charge in [-0.05, 0) is 45.3 Å². The Morgan fingerprint density at radius 2 is 2.00 bits per heavy atom. The molecule has 0 aromatic heterocycles. The first-order valence-electron chi connectivity index (χ1n) is 6.49. The van der Waals surface area contributed by atoms with Gasteiger partial charge in [-0.3, -0.25) is 5.01 Å². The van der Waals surface area contributed by atoms with Crippen LogP contribution in [0.25, 0.3) is 0 Å². The Hall–Kier alpha value is -1.53. The molecule has 0 saturated heterocycles. The predicted octanol–water partition coefficient (Wildman–Crippen LogP) is 4.68. The fourth-order valence-corrected chi connectivity index (χ4v) is 1.28. The quantitative estimate of drug-likeness (QED) is 0.263. The molecule has 0 aliphatic heterocycles. The van der Waals surface area contributed by atoms with Gasteiger partial charge in [0.25, 0.3) is 0 Å². The van der Waals surface area contributed by atoms with Gasteiger partial charge in [-0.2, -0.15) is 5.10 Å². The van der Waals surface area contributed by atoms with Crippen molar-refractivity contribution in [3.8, 4) is 0 Å². The van der Waals surface area contributed by atoms with Crippen molar-refractivity contribution < 1.29 is 0 Å². The van der Waals surface area contributed by atoms with Crippen LogP contribution in [0.2, 0.25) is 0 Å². The summed E-state index contributed by atoms with van der Waals surface area (Å²) in [4.78, 5) is 0. The highest BCUT2D eigenvalue weighted by Crippen LogP contribution is 2.10. The Morgan fingerprint density at radius 3 is 2.50 bits per heavy atom. The van der Waals surface area contributed by atoms with E-state index in [9.17, 15) is 0 Å². The number of allylic oxidation sites excluding steroid dienone is 3. The Kier molecular flexibility index (Phi) is 8.69. The zero-order valence-electron chi connectivity index (χ0n) is 12.3. The molecule has 0 fully saturated rings. The van der Waals surface area contributed by atoms with Crippen LogP contribution in [0.4, 0.5) is 0 Å². The molecule has 0 spiro atoms. The maximum atomic E-state index is 4.58. The molecule has 0 aliphatic carbocycles. The molecule has 0 saturated carbocycles. The summed E-state index contributed by atoms with van der Waals surface area (Å²) in [5.74, 6) is 0. The van der Waals surface area contributed by atoms with Gasteiger partial charge in [-0.25, -0.2) is 0 Å². The molecule has 0 radical (unpaired) electrons. The summed E-state index contributed by atoms with van der Waals surface area (Å²) in [6, 6.07) is 0. The molecule has 2 nitrogen and oxygen atoms in total. The van der Waals surface area contributed by atoms with Crippen LogP contribution in [0.3, 0.4) is 0 Å². The SMILES string of the molecule is C=C(CC)CC/C(CC=C=CC)=N/N(C)C(=C)C. The second-order valence-electron chi connectivity index (χ2n) is 4.39. The third-order valence-electron chi connectivity index (χ3n) is 2.73. The van der Waals surface area contributed by atoms with Gasteiger partial charge in [0.15, 0.2) is 0 Å². The summed E-state index contributed by atoms with van der Waals surface area (Å²) in [6.07, 6.45) is 7.74. The van der Waals surface area contributed by atoms with E-state index < -0.39 is 0 Å². The van der Waals surface area contributed by atoms with Crippen LogP contribution in [0.1, 0.15) is 46.5 Å². The molecule has 0 aromatic rings. The van der Waals surface area contributed by atoms with E-state index in [0.29, 0.717) is 0 Å². The maximum Gasteiger partial charge on any atom is 0.0431 e. The number of hydrazone groups is 1. The number of hydrogen-bond donors (Lipinski definition) is 0. The van der Waals surface area contributed by atoms with Crippen molar-refractivity contribution in [1.29, 1.82) is 0 Å². The summed E-state index contributed by atoms with van der Waals surface area (Å²) in [5, 5.41) is 6.41. The molecular formula is C16H26N2. The monoisotopic (exact) mass is 246 g/mol. The molecule has 0 unspecified atom stereocenters. The van der Waals surface area contributed by atoms with Gasteiger partial charge in [0.2, 0.25) is 0 Å². The lowest BCUT2D eigenvalue weighted by Gasteiger charge is -2.15. The summed E-state index contributed by atoms with van der Waals surface area (Å²) >= 11 is 0. The first-order valence-corrected chi connectivity index (χ1v) is 6.49. The fourth-order valence-electron chi connectivity index (χ4n) is 1.28. The Morgan fingerprint density at radius 1 is 1.33 bits per heavy atom. The summed E-state index contributed by atoms with van der Waals surface area (Å²) < 4.78 is 0. The molecule has 2 heteroatoms. The van der Waals surface area contributed by atoms with E-state index >= 15 is 0 Å². The zero-order valence-corrected chi connectivity index (χ0v) is 12.3. The third-order valence-corrected chi connectivity index (χ3v) is 2.73. The first-order chi connectivity index (χ1) is 8.51. The smallest absolute Gasteiger partial charge is 0.0431 e. The molecule has 0 rings (SSSR count). The lowest BCUT2D eigenvalue weighted by atomic mass is 10.1. The van der Waals surface area contributed by atoms with Gasteiger partial charge in [0, 0.05) is 24.9 Å². The van der Waals surface area contributed by atoms with Gasteiger partial charge < -0.3 is 0 Å². The van der Waals surface area contributed by atoms with Gasteiger partial charge in [-0.15, -0.1) is 5.73 Å². The van der Waals surface area contributed by atoms with Crippen molar-refractivity contribution in [2.75, 3.05) is 7.05 Å². The highest BCUT2D eigenvalue weighted by molar-refractivity contribution is 5.85. The molecule has 0 bridgehead atoms. The number of hydrogen-bond acceptors (Lipinski definition) is 2. The average Bonchev–Trinajstić information content (AvgIpc) is 2.35. The second-order valence-corrected chi connectivity index (χ2v) is 4.39. The van der Waals surface area contributed by atoms with E-state index in [1.807, 2.05) is 38.1 Å². The molecular weight excluding hydrogens is 220 g/mol. The van der Waals surface area contributed by atoms with Crippen molar-refractivity contribution in [2.45, 2.75) is 46.5 Å². The van der Waals surface area contributed by atoms with Crippen molar-refractivity contribution in [3.05, 3.63) is 42.3 Å². The lowest BCUT2D eigenvalue weighted by molar-refractivity contribution is 0.446. The largest absolute Gasteiger partial charge is 0.274 e. The van der Waals surface area contributed by atoms with Crippen LogP contribution in [0.15, 0.2) is 47.4 Å². The van der Waals surface area contributed by atoms with Crippen LogP contribution in [-0.2, 0) is 0 Å². The molecule has 0 N–H and O–H groups in total. The molecule has 0 amide bonds. The fraction of sp³-hybridized carbons (Fsp3) is 0.500. The maximum absolute atomic E-state index is 4.58. The van der Waals surface area contributed by atoms with E-state index in [-0.39, 0.29) is 0 Å². The molecule has 100 valence electrons. The van der Waals surface area contributed by atoms with Crippen molar-refractivity contribution >= 4 is 5.71 Å². The topological polar surface area (TPSA) is 15.6 Å². The van der Waals surface area contributed by atoms with E-state index in [2.05, 4.69) is 30.9 Å². The van der Waals surface area contributed by atoms with E-state index in [1.54, 1.807) is 0 Å². The van der Waals surface area contributed by atoms with Crippen molar-refractivity contribution in [1.82, 2.24) is 5.01 Å². The van der Waals surface area contributed by atoms with Crippen LogP contribution in [-0.4, -0.2) is 17.8 Å². The van der Waals surface area contributed by atoms with Crippen LogP contribution < -0.4 is 0 Å². The van der Waals surface area contributed by atoms with Crippen molar-refractivity contribution in [2.24, 2.45) is 5.10 Å². The summed E-state index contributed by atoms with van der Waals surface area (Å²) in [7, 11) is 1.93. The highest BCUT2D eigenvalue weighted by Gasteiger charge is 2.02. The number of nitrogens with zero attached hydrogens (tertiary/aromatic N) is 2. The van der Waals surface area contributed by atoms with Crippen molar-refractivity contribution in [3.63, 3.8) is 0 Å². The molecule has 18 heavy (non-hydrogen) atoms. The normalized spacial score (nSPS) is 10.6. The van der Waals surface area contributed by atoms with Gasteiger partial charge >= 0.3 is 0 Å². The van der Waals surface area contributed by atoms with Crippen LogP contribution in [0, 0.1) is 0 Å². The van der Waals surface area contributed by atoms with Gasteiger partial charge in [0.1, 0.15) is 0 Å². The number of rotatable bonds is 8. The highest BCUT2D eigenvalue weighted by atomic mass is 15.4. The minimum atomic E-state index is 0.832. The minimum absolute atomic E-state index is 0.832. The predicted molar refractivity (Wildman–Crippen MR) is 81.6 cm³/mol. The van der Waals surface area contributed by atoms with Crippen LogP contribution >= 0.6 is 0 Å². The lowest BCUT2D eigenvalue weighted by Crippen LogP contribution is -2.11. The molecule has 0 heterocycles. The molecule has 0 aliphatic rings. The van der Waals surface area contributed by atoms with Gasteiger partial charge in [-0.1, -0.05) is 25.7 Å². The summed E-state index contributed by atoms with van der Waals surface area (Å²) in [5.41, 5.74) is 6.45. The Bertz CT molecular complexity index is 369. The summed E-state index contributed by atoms with van der Waals surface area (Å²) in [6.45, 7) is 14.0. The Balaban J connectivity index is 4.65. The zero-order chi connectivity index (χ0) is 14.0. The second kappa shape index (κ2) is 9.49. The third kappa shape index (κ3) is 7.70. The Labute approximate surface area is 112 Å². The van der Waals surface area contributed by atoms with Crippen LogP contribution in [0.5, 0.6) is 0 Å². The van der Waals surface area contributed by atoms with E-state index in [4.69, 9.17) is 0 Å². The van der Waals surface area contributed by atoms with Gasteiger partial charge in [0.05, 0.1) is 0 Å². The minimum Gasteiger partial charge on any atom is -0.274 e. The van der Waals surface area contributed by atoms with E-state index in [0.717, 1.165) is 37.1 Å². The van der Waals surface area contributed by atoms with E-state index in [1.165, 1.54) is 5.57 Å². The molecule has 0 atom stereocenters. The molecule has 0 aromatic carbocycles. The average molecular weight is 246 g/mol. The first kappa shape index (κ1) is 16.5. The standard InChI is InChI=1S/C16H26N2/c1-7-9-10-11-16(13-12-15(5)8-2)17-18(6)14(3)4/h7,10H,3,5,8,11-13H2,1-2,4,6H3/b17-16+.